The van der Waals surface area contributed by atoms with Crippen molar-refractivity contribution in [3.63, 3.8) is 0 Å². The molecule has 0 aromatic heterocycles. The predicted molar refractivity (Wildman–Crippen MR) is 127 cm³/mol. The first-order valence-corrected chi connectivity index (χ1v) is 11.5. The summed E-state index contributed by atoms with van der Waals surface area (Å²) in [5, 5.41) is 3.12. The summed E-state index contributed by atoms with van der Waals surface area (Å²) < 4.78 is 0. The van der Waals surface area contributed by atoms with E-state index in [4.69, 9.17) is 16.6 Å². The van der Waals surface area contributed by atoms with Gasteiger partial charge in [-0.1, -0.05) is 54.1 Å². The SMILES string of the molecule is CN1C(=O)NC(=O)C2C1N=C(N1CCN(Cc3ccccc3)CC1)N2Cc1cccc(Cl)c1. The van der Waals surface area contributed by atoms with Gasteiger partial charge in [-0.2, -0.15) is 0 Å². The molecule has 2 unspecified atom stereocenters. The number of halogens is 1. The van der Waals surface area contributed by atoms with Crippen LogP contribution in [0.15, 0.2) is 59.6 Å². The largest absolute Gasteiger partial charge is 0.340 e. The number of guanidine groups is 1. The second-order valence-electron chi connectivity index (χ2n) is 8.70. The minimum Gasteiger partial charge on any atom is -0.340 e. The lowest BCUT2D eigenvalue weighted by Gasteiger charge is -2.40. The number of imide groups is 1. The number of carbonyl (C=O) groups excluding carboxylic acids is 2. The second-order valence-corrected chi connectivity index (χ2v) is 9.14. The average Bonchev–Trinajstić information content (AvgIpc) is 3.18. The molecule has 172 valence electrons. The minimum absolute atomic E-state index is 0.313. The van der Waals surface area contributed by atoms with E-state index in [0.29, 0.717) is 11.6 Å². The number of aliphatic imine (C=N–C) groups is 1. The van der Waals surface area contributed by atoms with Crippen LogP contribution < -0.4 is 5.32 Å². The Balaban J connectivity index is 1.36. The standard InChI is InChI=1S/C24H27ClN6O2/c1-28-21-20(22(32)27-24(28)33)31(16-18-8-5-9-19(25)14-18)23(26-21)30-12-10-29(11-13-30)15-17-6-3-2-4-7-17/h2-9,14,20-21H,10-13,15-16H2,1H3,(H,27,32,33). The number of likely N-dealkylation sites (N-methyl/N-ethyl adjacent to an activating group) is 1. The number of carbonyl (C=O) groups is 2. The highest BCUT2D eigenvalue weighted by molar-refractivity contribution is 6.30. The van der Waals surface area contributed by atoms with Gasteiger partial charge in [-0.05, 0) is 23.3 Å². The number of fused-ring (bicyclic) bond motifs is 1. The molecule has 2 atom stereocenters. The van der Waals surface area contributed by atoms with Gasteiger partial charge in [0.2, 0.25) is 0 Å². The summed E-state index contributed by atoms with van der Waals surface area (Å²) in [6.07, 6.45) is -0.539. The fourth-order valence-corrected chi connectivity index (χ4v) is 4.94. The lowest BCUT2D eigenvalue weighted by atomic mass is 10.1. The van der Waals surface area contributed by atoms with Crippen LogP contribution in [0.1, 0.15) is 11.1 Å². The molecule has 2 aromatic carbocycles. The van der Waals surface area contributed by atoms with Crippen LogP contribution in [0.2, 0.25) is 5.02 Å². The zero-order valence-corrected chi connectivity index (χ0v) is 19.3. The molecule has 1 N–H and O–H groups in total. The van der Waals surface area contributed by atoms with Crippen molar-refractivity contribution in [2.45, 2.75) is 25.3 Å². The van der Waals surface area contributed by atoms with Crippen molar-refractivity contribution in [2.24, 2.45) is 4.99 Å². The first kappa shape index (κ1) is 21.7. The van der Waals surface area contributed by atoms with Crippen LogP contribution in [0, 0.1) is 0 Å². The minimum atomic E-state index is -0.566. The van der Waals surface area contributed by atoms with E-state index in [1.54, 1.807) is 7.05 Å². The summed E-state index contributed by atoms with van der Waals surface area (Å²) in [6.45, 7) is 4.80. The molecule has 0 saturated carbocycles. The number of nitrogens with one attached hydrogen (secondary N) is 1. The maximum absolute atomic E-state index is 12.9. The quantitative estimate of drug-likeness (QED) is 0.748. The molecule has 3 heterocycles. The third kappa shape index (κ3) is 4.41. The van der Waals surface area contributed by atoms with Crippen LogP contribution in [-0.2, 0) is 17.9 Å². The number of rotatable bonds is 4. The lowest BCUT2D eigenvalue weighted by Crippen LogP contribution is -2.64. The van der Waals surface area contributed by atoms with E-state index >= 15 is 0 Å². The van der Waals surface area contributed by atoms with Crippen molar-refractivity contribution in [1.82, 2.24) is 24.9 Å². The highest BCUT2D eigenvalue weighted by Crippen LogP contribution is 2.28. The molecule has 2 saturated heterocycles. The number of amides is 3. The molecule has 2 fully saturated rings. The van der Waals surface area contributed by atoms with Crippen LogP contribution in [0.25, 0.3) is 0 Å². The molecule has 5 rings (SSSR count). The van der Waals surface area contributed by atoms with Gasteiger partial charge in [0, 0.05) is 51.3 Å². The molecule has 0 bridgehead atoms. The van der Waals surface area contributed by atoms with Crippen molar-refractivity contribution in [3.8, 4) is 0 Å². The number of hydrogen-bond acceptors (Lipinski definition) is 6. The van der Waals surface area contributed by atoms with Gasteiger partial charge in [0.15, 0.2) is 18.2 Å². The van der Waals surface area contributed by atoms with Gasteiger partial charge in [-0.25, -0.2) is 9.79 Å². The Morgan fingerprint density at radius 3 is 2.42 bits per heavy atom. The van der Waals surface area contributed by atoms with Crippen LogP contribution in [0.3, 0.4) is 0 Å². The predicted octanol–water partition coefficient (Wildman–Crippen LogP) is 2.21. The van der Waals surface area contributed by atoms with Crippen LogP contribution in [0.5, 0.6) is 0 Å². The maximum Gasteiger partial charge on any atom is 0.325 e. The molecule has 3 aliphatic rings. The Morgan fingerprint density at radius 2 is 1.70 bits per heavy atom. The van der Waals surface area contributed by atoms with Crippen molar-refractivity contribution in [2.75, 3.05) is 33.2 Å². The van der Waals surface area contributed by atoms with Crippen molar-refractivity contribution in [1.29, 1.82) is 0 Å². The first-order valence-electron chi connectivity index (χ1n) is 11.2. The average molecular weight is 467 g/mol. The van der Waals surface area contributed by atoms with E-state index in [-0.39, 0.29) is 5.91 Å². The van der Waals surface area contributed by atoms with E-state index in [0.717, 1.165) is 44.2 Å². The number of benzene rings is 2. The van der Waals surface area contributed by atoms with E-state index in [2.05, 4.69) is 39.4 Å². The van der Waals surface area contributed by atoms with Crippen molar-refractivity contribution < 1.29 is 9.59 Å². The molecule has 0 aliphatic carbocycles. The molecular weight excluding hydrogens is 440 g/mol. The van der Waals surface area contributed by atoms with Crippen LogP contribution in [0.4, 0.5) is 4.79 Å². The number of piperazine rings is 1. The van der Waals surface area contributed by atoms with Crippen molar-refractivity contribution in [3.05, 3.63) is 70.7 Å². The second kappa shape index (κ2) is 9.03. The molecule has 8 nitrogen and oxygen atoms in total. The van der Waals surface area contributed by atoms with Gasteiger partial charge in [-0.3, -0.25) is 15.0 Å². The molecule has 3 aliphatic heterocycles. The monoisotopic (exact) mass is 466 g/mol. The third-order valence-corrected chi connectivity index (χ3v) is 6.72. The molecule has 0 spiro atoms. The Morgan fingerprint density at radius 1 is 0.970 bits per heavy atom. The molecular formula is C24H27ClN6O2. The number of nitrogens with zero attached hydrogens (tertiary/aromatic N) is 5. The summed E-state index contributed by atoms with van der Waals surface area (Å²) in [7, 11) is 1.68. The van der Waals surface area contributed by atoms with Gasteiger partial charge >= 0.3 is 6.03 Å². The van der Waals surface area contributed by atoms with E-state index in [1.165, 1.54) is 10.5 Å². The Hall–Kier alpha value is -3.10. The Kier molecular flexibility index (Phi) is 5.95. The fraction of sp³-hybridized carbons (Fsp3) is 0.375. The summed E-state index contributed by atoms with van der Waals surface area (Å²) in [5.74, 6) is 0.452. The third-order valence-electron chi connectivity index (χ3n) is 6.48. The molecule has 3 amide bonds. The zero-order valence-electron chi connectivity index (χ0n) is 18.5. The summed E-state index contributed by atoms with van der Waals surface area (Å²) >= 11 is 6.21. The van der Waals surface area contributed by atoms with Crippen molar-refractivity contribution >= 4 is 29.5 Å². The zero-order chi connectivity index (χ0) is 22.9. The van der Waals surface area contributed by atoms with Crippen LogP contribution in [-0.4, -0.2) is 82.9 Å². The molecule has 2 aromatic rings. The lowest BCUT2D eigenvalue weighted by molar-refractivity contribution is -0.127. The highest BCUT2D eigenvalue weighted by Gasteiger charge is 2.49. The van der Waals surface area contributed by atoms with Gasteiger partial charge in [0.25, 0.3) is 5.91 Å². The van der Waals surface area contributed by atoms with E-state index < -0.39 is 18.2 Å². The van der Waals surface area contributed by atoms with Gasteiger partial charge in [0.05, 0.1) is 0 Å². The highest BCUT2D eigenvalue weighted by atomic mass is 35.5. The number of hydrogen-bond donors (Lipinski definition) is 1. The van der Waals surface area contributed by atoms with Gasteiger partial charge in [0.1, 0.15) is 0 Å². The fourth-order valence-electron chi connectivity index (χ4n) is 4.72. The molecule has 33 heavy (non-hydrogen) atoms. The topological polar surface area (TPSA) is 71.5 Å². The summed E-state index contributed by atoms with van der Waals surface area (Å²) in [4.78, 5) is 38.2. The Labute approximate surface area is 198 Å². The van der Waals surface area contributed by atoms with E-state index in [1.807, 2.05) is 35.2 Å². The summed E-state index contributed by atoms with van der Waals surface area (Å²) in [6, 6.07) is 17.1. The normalized spacial score (nSPS) is 23.5. The smallest absolute Gasteiger partial charge is 0.325 e. The van der Waals surface area contributed by atoms with Gasteiger partial charge < -0.3 is 14.7 Å². The van der Waals surface area contributed by atoms with E-state index in [9.17, 15) is 9.59 Å². The molecule has 9 heteroatoms. The van der Waals surface area contributed by atoms with Gasteiger partial charge in [-0.15, -0.1) is 0 Å². The van der Waals surface area contributed by atoms with Crippen LogP contribution >= 0.6 is 11.6 Å². The number of urea groups is 1. The maximum atomic E-state index is 12.9. The first-order chi connectivity index (χ1) is 16.0. The Bertz CT molecular complexity index is 1070. The molecule has 0 radical (unpaired) electrons. The summed E-state index contributed by atoms with van der Waals surface area (Å²) in [5.41, 5.74) is 2.29.